The van der Waals surface area contributed by atoms with Crippen LogP contribution < -0.4 is 19.1 Å². The Labute approximate surface area is 181 Å². The standard InChI is InChI=1S/C26H35NO3/c1-16-17(2)25-21(14-26(4,5)30-25)18(3)24(16)19-9-8-12-27(15-19)22-11-10-20(28-6)13-23(22)29-7/h10-11,13,19H,8-9,12,14-15H2,1-7H3. The number of hydrogen-bond donors (Lipinski definition) is 0. The SMILES string of the molecule is COc1ccc(N2CCCC(c3c(C)c(C)c4c(c3C)CC(C)(C)O4)C2)c(OC)c1. The molecular weight excluding hydrogens is 374 g/mol. The number of methoxy groups -OCH3 is 2. The molecule has 0 aromatic heterocycles. The summed E-state index contributed by atoms with van der Waals surface area (Å²) in [4.78, 5) is 2.48. The molecular formula is C26H35NO3. The highest BCUT2D eigenvalue weighted by molar-refractivity contribution is 5.63. The topological polar surface area (TPSA) is 30.9 Å². The number of piperidine rings is 1. The summed E-state index contributed by atoms with van der Waals surface area (Å²) in [5, 5.41) is 0. The zero-order valence-electron chi connectivity index (χ0n) is 19.5. The maximum atomic E-state index is 6.33. The van der Waals surface area contributed by atoms with Gasteiger partial charge in [-0.2, -0.15) is 0 Å². The van der Waals surface area contributed by atoms with Gasteiger partial charge in [0.25, 0.3) is 0 Å². The third kappa shape index (κ3) is 3.51. The van der Waals surface area contributed by atoms with E-state index < -0.39 is 0 Å². The summed E-state index contributed by atoms with van der Waals surface area (Å²) in [5.41, 5.74) is 8.14. The molecule has 0 aliphatic carbocycles. The van der Waals surface area contributed by atoms with Crippen LogP contribution in [0.3, 0.4) is 0 Å². The van der Waals surface area contributed by atoms with E-state index in [2.05, 4.69) is 45.6 Å². The lowest BCUT2D eigenvalue weighted by Crippen LogP contribution is -2.35. The molecule has 2 aromatic rings. The Morgan fingerprint density at radius 1 is 1.03 bits per heavy atom. The van der Waals surface area contributed by atoms with E-state index in [1.807, 2.05) is 12.1 Å². The Balaban J connectivity index is 1.69. The summed E-state index contributed by atoms with van der Waals surface area (Å²) in [6.07, 6.45) is 3.39. The Morgan fingerprint density at radius 3 is 2.50 bits per heavy atom. The van der Waals surface area contributed by atoms with Gasteiger partial charge in [-0.1, -0.05) is 0 Å². The highest BCUT2D eigenvalue weighted by atomic mass is 16.5. The van der Waals surface area contributed by atoms with Crippen molar-refractivity contribution in [3.8, 4) is 17.2 Å². The van der Waals surface area contributed by atoms with E-state index >= 15 is 0 Å². The second-order valence-corrected chi connectivity index (χ2v) is 9.46. The average molecular weight is 410 g/mol. The van der Waals surface area contributed by atoms with Crippen LogP contribution in [0, 0.1) is 20.8 Å². The molecule has 4 heteroatoms. The molecule has 2 aromatic carbocycles. The Hall–Kier alpha value is -2.36. The zero-order chi connectivity index (χ0) is 21.6. The number of ether oxygens (including phenoxy) is 3. The van der Waals surface area contributed by atoms with Crippen molar-refractivity contribution >= 4 is 5.69 Å². The zero-order valence-corrected chi connectivity index (χ0v) is 19.5. The predicted molar refractivity (Wildman–Crippen MR) is 123 cm³/mol. The molecule has 2 aliphatic rings. The summed E-state index contributed by atoms with van der Waals surface area (Å²) in [7, 11) is 3.43. The largest absolute Gasteiger partial charge is 0.497 e. The van der Waals surface area contributed by atoms with E-state index in [4.69, 9.17) is 14.2 Å². The molecule has 4 nitrogen and oxygen atoms in total. The van der Waals surface area contributed by atoms with Gasteiger partial charge in [0.1, 0.15) is 22.8 Å². The van der Waals surface area contributed by atoms with Gasteiger partial charge in [-0.25, -0.2) is 0 Å². The van der Waals surface area contributed by atoms with Crippen LogP contribution in [0.4, 0.5) is 5.69 Å². The summed E-state index contributed by atoms with van der Waals surface area (Å²) < 4.78 is 17.4. The van der Waals surface area contributed by atoms with Crippen molar-refractivity contribution in [3.05, 3.63) is 46.0 Å². The highest BCUT2D eigenvalue weighted by Gasteiger charge is 2.36. The monoisotopic (exact) mass is 409 g/mol. The lowest BCUT2D eigenvalue weighted by molar-refractivity contribution is 0.137. The van der Waals surface area contributed by atoms with Gasteiger partial charge >= 0.3 is 0 Å². The summed E-state index contributed by atoms with van der Waals surface area (Å²) in [6.45, 7) is 13.3. The van der Waals surface area contributed by atoms with Crippen LogP contribution >= 0.6 is 0 Å². The molecule has 0 bridgehead atoms. The highest BCUT2D eigenvalue weighted by Crippen LogP contribution is 2.46. The van der Waals surface area contributed by atoms with E-state index in [-0.39, 0.29) is 5.60 Å². The first-order chi connectivity index (χ1) is 14.3. The molecule has 0 N–H and O–H groups in total. The molecule has 0 radical (unpaired) electrons. The van der Waals surface area contributed by atoms with Gasteiger partial charge in [0, 0.05) is 37.1 Å². The van der Waals surface area contributed by atoms with Crippen LogP contribution in [0.5, 0.6) is 17.2 Å². The molecule has 30 heavy (non-hydrogen) atoms. The number of anilines is 1. The number of benzene rings is 2. The molecule has 0 saturated carbocycles. The van der Waals surface area contributed by atoms with Crippen molar-refractivity contribution < 1.29 is 14.2 Å². The van der Waals surface area contributed by atoms with E-state index in [0.717, 1.165) is 42.4 Å². The molecule has 4 rings (SSSR count). The molecule has 2 aliphatic heterocycles. The minimum absolute atomic E-state index is 0.113. The number of rotatable bonds is 4. The Bertz CT molecular complexity index is 963. The van der Waals surface area contributed by atoms with Crippen LogP contribution in [0.25, 0.3) is 0 Å². The second kappa shape index (κ2) is 7.72. The van der Waals surface area contributed by atoms with Crippen molar-refractivity contribution in [2.75, 3.05) is 32.2 Å². The third-order valence-corrected chi connectivity index (χ3v) is 6.98. The van der Waals surface area contributed by atoms with Crippen LogP contribution in [0.15, 0.2) is 18.2 Å². The molecule has 2 heterocycles. The second-order valence-electron chi connectivity index (χ2n) is 9.46. The quantitative estimate of drug-likeness (QED) is 0.646. The molecule has 0 spiro atoms. The average Bonchev–Trinajstić information content (AvgIpc) is 3.08. The van der Waals surface area contributed by atoms with Crippen molar-refractivity contribution in [2.24, 2.45) is 0 Å². The molecule has 1 saturated heterocycles. The van der Waals surface area contributed by atoms with E-state index in [9.17, 15) is 0 Å². The van der Waals surface area contributed by atoms with Crippen molar-refractivity contribution in [1.82, 2.24) is 0 Å². The number of fused-ring (bicyclic) bond motifs is 1. The van der Waals surface area contributed by atoms with E-state index in [0.29, 0.717) is 5.92 Å². The predicted octanol–water partition coefficient (Wildman–Crippen LogP) is 5.73. The number of nitrogens with zero attached hydrogens (tertiary/aromatic N) is 1. The third-order valence-electron chi connectivity index (χ3n) is 6.98. The fourth-order valence-corrected chi connectivity index (χ4v) is 5.39. The van der Waals surface area contributed by atoms with Gasteiger partial charge in [-0.05, 0) is 81.8 Å². The Kier molecular flexibility index (Phi) is 5.37. The van der Waals surface area contributed by atoms with Gasteiger partial charge in [0.15, 0.2) is 0 Å². The molecule has 1 fully saturated rings. The van der Waals surface area contributed by atoms with Crippen LogP contribution in [-0.2, 0) is 6.42 Å². The lowest BCUT2D eigenvalue weighted by Gasteiger charge is -2.37. The minimum atomic E-state index is -0.113. The minimum Gasteiger partial charge on any atom is -0.497 e. The van der Waals surface area contributed by atoms with Crippen LogP contribution in [0.1, 0.15) is 60.4 Å². The van der Waals surface area contributed by atoms with Crippen LogP contribution in [0.2, 0.25) is 0 Å². The van der Waals surface area contributed by atoms with Gasteiger partial charge in [-0.3, -0.25) is 0 Å². The van der Waals surface area contributed by atoms with Crippen molar-refractivity contribution in [1.29, 1.82) is 0 Å². The molecule has 0 amide bonds. The van der Waals surface area contributed by atoms with Crippen LogP contribution in [-0.4, -0.2) is 32.9 Å². The first kappa shape index (κ1) is 20.9. The molecule has 1 atom stereocenters. The maximum Gasteiger partial charge on any atom is 0.145 e. The molecule has 1 unspecified atom stereocenters. The normalized spacial score (nSPS) is 20.0. The van der Waals surface area contributed by atoms with Gasteiger partial charge in [-0.15, -0.1) is 0 Å². The van der Waals surface area contributed by atoms with Gasteiger partial charge in [0.2, 0.25) is 0 Å². The van der Waals surface area contributed by atoms with Crippen molar-refractivity contribution in [2.45, 2.75) is 65.4 Å². The summed E-state index contributed by atoms with van der Waals surface area (Å²) in [5.74, 6) is 3.35. The molecule has 162 valence electrons. The van der Waals surface area contributed by atoms with Crippen molar-refractivity contribution in [3.63, 3.8) is 0 Å². The summed E-state index contributed by atoms with van der Waals surface area (Å²) in [6, 6.07) is 6.13. The first-order valence-corrected chi connectivity index (χ1v) is 11.0. The first-order valence-electron chi connectivity index (χ1n) is 11.0. The van der Waals surface area contributed by atoms with E-state index in [1.54, 1.807) is 14.2 Å². The lowest BCUT2D eigenvalue weighted by atomic mass is 9.80. The van der Waals surface area contributed by atoms with Gasteiger partial charge in [0.05, 0.1) is 19.9 Å². The van der Waals surface area contributed by atoms with Gasteiger partial charge < -0.3 is 19.1 Å². The smallest absolute Gasteiger partial charge is 0.145 e. The summed E-state index contributed by atoms with van der Waals surface area (Å²) >= 11 is 0. The number of hydrogen-bond acceptors (Lipinski definition) is 4. The fraction of sp³-hybridized carbons (Fsp3) is 0.538. The Morgan fingerprint density at radius 2 is 1.80 bits per heavy atom. The fourth-order valence-electron chi connectivity index (χ4n) is 5.39. The maximum absolute atomic E-state index is 6.33. The van der Waals surface area contributed by atoms with E-state index in [1.165, 1.54) is 40.7 Å².